The Bertz CT molecular complexity index is 760. The maximum absolute atomic E-state index is 9.16. The molecule has 0 saturated carbocycles. The summed E-state index contributed by atoms with van der Waals surface area (Å²) in [6.45, 7) is 0.0135. The van der Waals surface area contributed by atoms with Gasteiger partial charge in [0.05, 0.1) is 21.0 Å². The average Bonchev–Trinajstić information content (AvgIpc) is 2.94. The molecule has 106 valence electrons. The molecule has 0 atom stereocenters. The minimum atomic E-state index is 0.0135. The van der Waals surface area contributed by atoms with Gasteiger partial charge in [-0.05, 0) is 51.8 Å². The third kappa shape index (κ3) is 3.47. The average molecular weight is 362 g/mol. The number of aliphatic hydroxyl groups is 1. The van der Waals surface area contributed by atoms with Crippen molar-refractivity contribution in [3.05, 3.63) is 58.0 Å². The molecule has 0 aliphatic heterocycles. The quantitative estimate of drug-likeness (QED) is 0.730. The van der Waals surface area contributed by atoms with Crippen molar-refractivity contribution in [2.45, 2.75) is 6.61 Å². The lowest BCUT2D eigenvalue weighted by Crippen LogP contribution is -1.98. The van der Waals surface area contributed by atoms with E-state index in [2.05, 4.69) is 31.2 Å². The Morgan fingerprint density at radius 2 is 2.10 bits per heavy atom. The molecule has 2 N–H and O–H groups in total. The van der Waals surface area contributed by atoms with Crippen molar-refractivity contribution in [1.82, 2.24) is 9.97 Å². The number of rotatable bonds is 4. The van der Waals surface area contributed by atoms with Crippen molar-refractivity contribution in [3.8, 4) is 10.6 Å². The highest BCUT2D eigenvalue weighted by Gasteiger charge is 2.05. The summed E-state index contributed by atoms with van der Waals surface area (Å²) in [7, 11) is 0. The van der Waals surface area contributed by atoms with Crippen LogP contribution in [0.1, 0.15) is 5.56 Å². The topological polar surface area (TPSA) is 58.0 Å². The van der Waals surface area contributed by atoms with E-state index in [1.54, 1.807) is 17.5 Å². The van der Waals surface area contributed by atoms with Crippen LogP contribution in [0.3, 0.4) is 0 Å². The van der Waals surface area contributed by atoms with Crippen LogP contribution in [0.5, 0.6) is 0 Å². The van der Waals surface area contributed by atoms with Gasteiger partial charge in [0.15, 0.2) is 0 Å². The summed E-state index contributed by atoms with van der Waals surface area (Å²) >= 11 is 5.08. The van der Waals surface area contributed by atoms with Gasteiger partial charge in [-0.2, -0.15) is 0 Å². The number of halogens is 1. The first-order valence-electron chi connectivity index (χ1n) is 6.30. The number of anilines is 2. The van der Waals surface area contributed by atoms with E-state index in [9.17, 15) is 0 Å². The van der Waals surface area contributed by atoms with Crippen LogP contribution >= 0.6 is 27.3 Å². The van der Waals surface area contributed by atoms with Crippen LogP contribution in [-0.4, -0.2) is 15.1 Å². The maximum atomic E-state index is 9.16. The minimum Gasteiger partial charge on any atom is -0.392 e. The van der Waals surface area contributed by atoms with Crippen LogP contribution in [-0.2, 0) is 6.61 Å². The van der Waals surface area contributed by atoms with E-state index in [0.29, 0.717) is 5.95 Å². The molecule has 0 aliphatic rings. The van der Waals surface area contributed by atoms with Gasteiger partial charge < -0.3 is 10.4 Å². The van der Waals surface area contributed by atoms with Crippen LogP contribution in [0.15, 0.2) is 52.4 Å². The second kappa shape index (κ2) is 6.34. The maximum Gasteiger partial charge on any atom is 0.227 e. The molecule has 0 radical (unpaired) electrons. The van der Waals surface area contributed by atoms with Gasteiger partial charge in [-0.25, -0.2) is 9.97 Å². The van der Waals surface area contributed by atoms with E-state index in [0.717, 1.165) is 25.6 Å². The van der Waals surface area contributed by atoms with Gasteiger partial charge in [-0.3, -0.25) is 0 Å². The van der Waals surface area contributed by atoms with E-state index in [1.165, 1.54) is 0 Å². The van der Waals surface area contributed by atoms with Crippen molar-refractivity contribution in [1.29, 1.82) is 0 Å². The Hall–Kier alpha value is -1.76. The monoisotopic (exact) mass is 361 g/mol. The predicted octanol–water partition coefficient (Wildman–Crippen LogP) is 4.20. The predicted molar refractivity (Wildman–Crippen MR) is 88.7 cm³/mol. The molecule has 21 heavy (non-hydrogen) atoms. The highest BCUT2D eigenvalue weighted by Crippen LogP contribution is 2.30. The highest BCUT2D eigenvalue weighted by atomic mass is 79.9. The van der Waals surface area contributed by atoms with Gasteiger partial charge in [0, 0.05) is 11.9 Å². The molecule has 0 amide bonds. The van der Waals surface area contributed by atoms with Crippen LogP contribution in [0.4, 0.5) is 11.6 Å². The Balaban J connectivity index is 1.86. The number of thiophene rings is 1. The molecule has 2 aromatic heterocycles. The molecule has 1 aromatic carbocycles. The van der Waals surface area contributed by atoms with Crippen LogP contribution in [0, 0.1) is 0 Å². The van der Waals surface area contributed by atoms with Crippen molar-refractivity contribution in [2.75, 3.05) is 5.32 Å². The number of benzene rings is 1. The zero-order valence-electron chi connectivity index (χ0n) is 11.0. The fourth-order valence-electron chi connectivity index (χ4n) is 1.88. The summed E-state index contributed by atoms with van der Waals surface area (Å²) in [6, 6.07) is 13.4. The molecular weight excluding hydrogens is 350 g/mol. The lowest BCUT2D eigenvalue weighted by atomic mass is 10.2. The van der Waals surface area contributed by atoms with Gasteiger partial charge >= 0.3 is 0 Å². The van der Waals surface area contributed by atoms with Crippen molar-refractivity contribution in [3.63, 3.8) is 0 Å². The summed E-state index contributed by atoms with van der Waals surface area (Å²) in [4.78, 5) is 9.82. The zero-order chi connectivity index (χ0) is 14.7. The van der Waals surface area contributed by atoms with Crippen molar-refractivity contribution in [2.24, 2.45) is 0 Å². The smallest absolute Gasteiger partial charge is 0.227 e. The fraction of sp³-hybridized carbons (Fsp3) is 0.0667. The molecule has 6 heteroatoms. The Kier molecular flexibility index (Phi) is 4.28. The molecule has 0 fully saturated rings. The van der Waals surface area contributed by atoms with Crippen molar-refractivity contribution >= 4 is 38.9 Å². The molecule has 0 unspecified atom stereocenters. The second-order valence-electron chi connectivity index (χ2n) is 4.35. The first kappa shape index (κ1) is 14.2. The molecule has 0 aliphatic carbocycles. The van der Waals surface area contributed by atoms with Gasteiger partial charge in [0.25, 0.3) is 0 Å². The Morgan fingerprint density at radius 3 is 2.86 bits per heavy atom. The summed E-state index contributed by atoms with van der Waals surface area (Å²) in [6.07, 6.45) is 1.73. The SMILES string of the molecule is OCc1cccc(Nc2nccc(-c3ccc(Br)s3)n2)c1. The Labute approximate surface area is 134 Å². The largest absolute Gasteiger partial charge is 0.392 e. The standard InChI is InChI=1S/C15H12BrN3OS/c16-14-5-4-13(21-14)12-6-7-17-15(19-12)18-11-3-1-2-10(8-11)9-20/h1-8,20H,9H2,(H,17,18,19). The fourth-order valence-corrected chi connectivity index (χ4v) is 3.24. The van der Waals surface area contributed by atoms with Crippen LogP contribution < -0.4 is 5.32 Å². The summed E-state index contributed by atoms with van der Waals surface area (Å²) in [5.74, 6) is 0.534. The first-order chi connectivity index (χ1) is 10.2. The van der Waals surface area contributed by atoms with Gasteiger partial charge in [-0.1, -0.05) is 12.1 Å². The number of aliphatic hydroxyl groups excluding tert-OH is 1. The lowest BCUT2D eigenvalue weighted by molar-refractivity contribution is 0.282. The summed E-state index contributed by atoms with van der Waals surface area (Å²) in [5, 5.41) is 12.3. The van der Waals surface area contributed by atoms with Crippen LogP contribution in [0.2, 0.25) is 0 Å². The highest BCUT2D eigenvalue weighted by molar-refractivity contribution is 9.11. The third-order valence-electron chi connectivity index (χ3n) is 2.85. The number of hydrogen-bond acceptors (Lipinski definition) is 5. The van der Waals surface area contributed by atoms with E-state index in [-0.39, 0.29) is 6.61 Å². The van der Waals surface area contributed by atoms with E-state index >= 15 is 0 Å². The molecule has 3 rings (SSSR count). The molecule has 3 aromatic rings. The Morgan fingerprint density at radius 1 is 1.19 bits per heavy atom. The first-order valence-corrected chi connectivity index (χ1v) is 7.91. The molecule has 4 nitrogen and oxygen atoms in total. The number of nitrogens with zero attached hydrogens (tertiary/aromatic N) is 2. The third-order valence-corrected chi connectivity index (χ3v) is 4.49. The zero-order valence-corrected chi connectivity index (χ0v) is 13.4. The second-order valence-corrected chi connectivity index (χ2v) is 6.82. The molecule has 2 heterocycles. The van der Waals surface area contributed by atoms with Gasteiger partial charge in [0.1, 0.15) is 0 Å². The molecule has 0 bridgehead atoms. The van der Waals surface area contributed by atoms with Crippen molar-refractivity contribution < 1.29 is 5.11 Å². The van der Waals surface area contributed by atoms with E-state index in [1.807, 2.05) is 42.5 Å². The normalized spacial score (nSPS) is 10.6. The number of nitrogens with one attached hydrogen (secondary N) is 1. The van der Waals surface area contributed by atoms with Crippen LogP contribution in [0.25, 0.3) is 10.6 Å². The van der Waals surface area contributed by atoms with Gasteiger partial charge in [0.2, 0.25) is 5.95 Å². The molecular formula is C15H12BrN3OS. The number of hydrogen-bond donors (Lipinski definition) is 2. The number of aromatic nitrogens is 2. The minimum absolute atomic E-state index is 0.0135. The lowest BCUT2D eigenvalue weighted by Gasteiger charge is -2.07. The summed E-state index contributed by atoms with van der Waals surface area (Å²) in [5.41, 5.74) is 2.57. The summed E-state index contributed by atoms with van der Waals surface area (Å²) < 4.78 is 1.07. The van der Waals surface area contributed by atoms with E-state index in [4.69, 9.17) is 5.11 Å². The van der Waals surface area contributed by atoms with E-state index < -0.39 is 0 Å². The molecule has 0 saturated heterocycles. The van der Waals surface area contributed by atoms with Gasteiger partial charge in [-0.15, -0.1) is 11.3 Å². The molecule has 0 spiro atoms.